The van der Waals surface area contributed by atoms with E-state index in [-0.39, 0.29) is 5.91 Å². The van der Waals surface area contributed by atoms with E-state index >= 15 is 0 Å². The topological polar surface area (TPSA) is 50.4 Å². The molecule has 0 bridgehead atoms. The van der Waals surface area contributed by atoms with Crippen molar-refractivity contribution >= 4 is 11.6 Å². The lowest BCUT2D eigenvalue weighted by molar-refractivity contribution is 0.102. The van der Waals surface area contributed by atoms with Crippen LogP contribution in [0.15, 0.2) is 42.5 Å². The van der Waals surface area contributed by atoms with Gasteiger partial charge in [0.2, 0.25) is 0 Å². The lowest BCUT2D eigenvalue weighted by Gasteiger charge is -2.08. The van der Waals surface area contributed by atoms with Crippen LogP contribution in [0.4, 0.5) is 5.69 Å². The Morgan fingerprint density at radius 3 is 2.67 bits per heavy atom. The maximum absolute atomic E-state index is 12.3. The summed E-state index contributed by atoms with van der Waals surface area (Å²) in [5.74, 6) is 0.716. The van der Waals surface area contributed by atoms with Crippen molar-refractivity contribution in [3.8, 4) is 5.75 Å². The van der Waals surface area contributed by atoms with E-state index < -0.39 is 0 Å². The van der Waals surface area contributed by atoms with E-state index in [9.17, 15) is 4.79 Å². The van der Waals surface area contributed by atoms with Crippen LogP contribution in [0.5, 0.6) is 5.75 Å². The van der Waals surface area contributed by atoms with Crippen LogP contribution < -0.4 is 15.4 Å². The van der Waals surface area contributed by atoms with Gasteiger partial charge >= 0.3 is 0 Å². The van der Waals surface area contributed by atoms with E-state index in [1.807, 2.05) is 49.4 Å². The Bertz CT molecular complexity index is 650. The lowest BCUT2D eigenvalue weighted by Crippen LogP contribution is -2.12. The molecule has 0 fully saturated rings. The molecule has 1 aliphatic heterocycles. The Hall–Kier alpha value is -2.33. The molecule has 0 aromatic heterocycles. The van der Waals surface area contributed by atoms with Crippen LogP contribution in [0, 0.1) is 0 Å². The summed E-state index contributed by atoms with van der Waals surface area (Å²) in [5, 5.41) is 6.18. The Labute approximate surface area is 124 Å². The van der Waals surface area contributed by atoms with Crippen LogP contribution in [0.1, 0.15) is 28.4 Å². The number of ether oxygens (including phenoxy) is 1. The second-order valence-corrected chi connectivity index (χ2v) is 5.00. The molecule has 1 amide bonds. The van der Waals surface area contributed by atoms with Crippen molar-refractivity contribution in [1.82, 2.24) is 5.32 Å². The van der Waals surface area contributed by atoms with Gasteiger partial charge in [-0.25, -0.2) is 0 Å². The zero-order valence-corrected chi connectivity index (χ0v) is 12.0. The third-order valence-electron chi connectivity index (χ3n) is 3.52. The van der Waals surface area contributed by atoms with Gasteiger partial charge in [-0.3, -0.25) is 4.79 Å². The van der Waals surface area contributed by atoms with Gasteiger partial charge in [-0.05, 0) is 54.4 Å². The Morgan fingerprint density at radius 1 is 1.14 bits per heavy atom. The molecule has 0 radical (unpaired) electrons. The van der Waals surface area contributed by atoms with E-state index in [0.29, 0.717) is 12.2 Å². The summed E-state index contributed by atoms with van der Waals surface area (Å²) < 4.78 is 5.38. The van der Waals surface area contributed by atoms with Crippen molar-refractivity contribution in [2.45, 2.75) is 20.0 Å². The Kier molecular flexibility index (Phi) is 3.88. The minimum Gasteiger partial charge on any atom is -0.494 e. The maximum Gasteiger partial charge on any atom is 0.255 e. The van der Waals surface area contributed by atoms with Crippen molar-refractivity contribution in [3.05, 3.63) is 59.2 Å². The maximum atomic E-state index is 12.3. The molecule has 21 heavy (non-hydrogen) atoms. The number of hydrogen-bond acceptors (Lipinski definition) is 3. The highest BCUT2D eigenvalue weighted by Crippen LogP contribution is 2.19. The number of fused-ring (bicyclic) bond motifs is 1. The van der Waals surface area contributed by atoms with Crippen LogP contribution >= 0.6 is 0 Å². The number of benzene rings is 2. The first kappa shape index (κ1) is 13.6. The molecule has 2 aromatic carbocycles. The largest absolute Gasteiger partial charge is 0.494 e. The van der Waals surface area contributed by atoms with Crippen LogP contribution in [0.2, 0.25) is 0 Å². The molecule has 4 heteroatoms. The highest BCUT2D eigenvalue weighted by Gasteiger charge is 2.13. The summed E-state index contributed by atoms with van der Waals surface area (Å²) >= 11 is 0. The van der Waals surface area contributed by atoms with Crippen LogP contribution in [0.3, 0.4) is 0 Å². The predicted molar refractivity (Wildman–Crippen MR) is 82.5 cm³/mol. The fraction of sp³-hybridized carbons (Fsp3) is 0.235. The summed E-state index contributed by atoms with van der Waals surface area (Å²) in [6.45, 7) is 4.29. The minimum atomic E-state index is -0.0890. The smallest absolute Gasteiger partial charge is 0.255 e. The first-order valence-corrected chi connectivity index (χ1v) is 7.13. The molecule has 3 rings (SSSR count). The quantitative estimate of drug-likeness (QED) is 0.906. The third kappa shape index (κ3) is 3.06. The number of carbonyl (C=O) groups is 1. The van der Waals surface area contributed by atoms with E-state index in [0.717, 1.165) is 24.5 Å². The Morgan fingerprint density at radius 2 is 1.90 bits per heavy atom. The highest BCUT2D eigenvalue weighted by atomic mass is 16.5. The van der Waals surface area contributed by atoms with Crippen LogP contribution in [0.25, 0.3) is 0 Å². The molecule has 4 nitrogen and oxygen atoms in total. The third-order valence-corrected chi connectivity index (χ3v) is 3.52. The predicted octanol–water partition coefficient (Wildman–Crippen LogP) is 2.94. The van der Waals surface area contributed by atoms with Crippen molar-refractivity contribution in [3.63, 3.8) is 0 Å². The standard InChI is InChI=1S/C17H18N2O2/c1-2-21-16-7-5-15(6-8-16)19-17(20)12-3-4-13-10-18-11-14(13)9-12/h3-9,18H,2,10-11H2,1H3,(H,19,20). The molecule has 0 unspecified atom stereocenters. The molecule has 0 spiro atoms. The number of anilines is 1. The van der Waals surface area contributed by atoms with Gasteiger partial charge in [-0.15, -0.1) is 0 Å². The van der Waals surface area contributed by atoms with Gasteiger partial charge in [-0.2, -0.15) is 0 Å². The first-order chi connectivity index (χ1) is 10.3. The molecule has 108 valence electrons. The molecular formula is C17H18N2O2. The van der Waals surface area contributed by atoms with Crippen LogP contribution in [-0.4, -0.2) is 12.5 Å². The van der Waals surface area contributed by atoms with E-state index in [2.05, 4.69) is 10.6 Å². The van der Waals surface area contributed by atoms with Crippen LogP contribution in [-0.2, 0) is 13.1 Å². The van der Waals surface area contributed by atoms with Crippen molar-refractivity contribution < 1.29 is 9.53 Å². The SMILES string of the molecule is CCOc1ccc(NC(=O)c2ccc3c(c2)CNC3)cc1. The molecule has 0 saturated carbocycles. The molecule has 0 atom stereocenters. The van der Waals surface area contributed by atoms with Gasteiger partial charge in [0.1, 0.15) is 5.75 Å². The second-order valence-electron chi connectivity index (χ2n) is 5.00. The average molecular weight is 282 g/mol. The number of nitrogens with one attached hydrogen (secondary N) is 2. The molecule has 2 N–H and O–H groups in total. The average Bonchev–Trinajstić information content (AvgIpc) is 2.97. The summed E-state index contributed by atoms with van der Waals surface area (Å²) in [6.07, 6.45) is 0. The molecule has 1 aliphatic rings. The fourth-order valence-corrected chi connectivity index (χ4v) is 2.44. The van der Waals surface area contributed by atoms with Gasteiger partial charge in [0.25, 0.3) is 5.91 Å². The highest BCUT2D eigenvalue weighted by molar-refractivity contribution is 6.04. The monoisotopic (exact) mass is 282 g/mol. The Balaban J connectivity index is 1.71. The zero-order chi connectivity index (χ0) is 14.7. The van der Waals surface area contributed by atoms with Crippen molar-refractivity contribution in [2.24, 2.45) is 0 Å². The second kappa shape index (κ2) is 5.97. The van der Waals surface area contributed by atoms with E-state index in [4.69, 9.17) is 4.74 Å². The molecule has 0 saturated heterocycles. The minimum absolute atomic E-state index is 0.0890. The summed E-state index contributed by atoms with van der Waals surface area (Å²) in [6, 6.07) is 13.2. The van der Waals surface area contributed by atoms with E-state index in [1.165, 1.54) is 11.1 Å². The summed E-state index contributed by atoms with van der Waals surface area (Å²) in [5.41, 5.74) is 3.93. The normalized spacial score (nSPS) is 12.8. The fourth-order valence-electron chi connectivity index (χ4n) is 2.44. The zero-order valence-electron chi connectivity index (χ0n) is 12.0. The van der Waals surface area contributed by atoms with Gasteiger partial charge in [0.15, 0.2) is 0 Å². The number of rotatable bonds is 4. The molecule has 2 aromatic rings. The van der Waals surface area contributed by atoms with Gasteiger partial charge in [0, 0.05) is 24.3 Å². The molecule has 1 heterocycles. The van der Waals surface area contributed by atoms with E-state index in [1.54, 1.807) is 0 Å². The van der Waals surface area contributed by atoms with Crippen molar-refractivity contribution in [1.29, 1.82) is 0 Å². The van der Waals surface area contributed by atoms with Crippen molar-refractivity contribution in [2.75, 3.05) is 11.9 Å². The molecular weight excluding hydrogens is 264 g/mol. The molecule has 0 aliphatic carbocycles. The van der Waals surface area contributed by atoms with Gasteiger partial charge < -0.3 is 15.4 Å². The number of hydrogen-bond donors (Lipinski definition) is 2. The summed E-state index contributed by atoms with van der Waals surface area (Å²) in [7, 11) is 0. The lowest BCUT2D eigenvalue weighted by atomic mass is 10.1. The van der Waals surface area contributed by atoms with Gasteiger partial charge in [0.05, 0.1) is 6.61 Å². The number of amides is 1. The first-order valence-electron chi connectivity index (χ1n) is 7.13. The van der Waals surface area contributed by atoms with Gasteiger partial charge in [-0.1, -0.05) is 6.07 Å². The summed E-state index contributed by atoms with van der Waals surface area (Å²) in [4.78, 5) is 12.3. The number of carbonyl (C=O) groups excluding carboxylic acids is 1.